The first-order valence-electron chi connectivity index (χ1n) is 11.1. The third-order valence-corrected chi connectivity index (χ3v) is 5.19. The largest absolute Gasteiger partial charge is 0.431 e. The Morgan fingerprint density at radius 2 is 1.46 bits per heavy atom. The molecule has 0 atom stereocenters. The third-order valence-electron chi connectivity index (χ3n) is 4.57. The van der Waals surface area contributed by atoms with E-state index in [0.29, 0.717) is 43.2 Å². The number of nitrogens with zero attached hydrogens (tertiary/aromatic N) is 2. The average Bonchev–Trinajstić information content (AvgIpc) is 2.81. The molecule has 12 heteroatoms. The van der Waals surface area contributed by atoms with Crippen LogP contribution < -0.4 is 20.2 Å². The zero-order valence-corrected chi connectivity index (χ0v) is 21.4. The first-order chi connectivity index (χ1) is 17.4. The summed E-state index contributed by atoms with van der Waals surface area (Å²) in [5.41, 5.74) is 4.26. The van der Waals surface area contributed by atoms with Crippen LogP contribution in [0.1, 0.15) is 31.4 Å². The van der Waals surface area contributed by atoms with Gasteiger partial charge in [0.1, 0.15) is 11.5 Å². The van der Waals surface area contributed by atoms with E-state index < -0.39 is 12.2 Å². The molecule has 1 aliphatic rings. The van der Waals surface area contributed by atoms with Crippen LogP contribution in [0.3, 0.4) is 0 Å². The molecule has 6 nitrogen and oxygen atoms in total. The van der Waals surface area contributed by atoms with E-state index in [-0.39, 0.29) is 21.5 Å². The normalized spacial score (nSPS) is 14.3. The van der Waals surface area contributed by atoms with E-state index in [4.69, 9.17) is 23.2 Å². The van der Waals surface area contributed by atoms with Crippen molar-refractivity contribution in [1.29, 1.82) is 0 Å². The summed E-state index contributed by atoms with van der Waals surface area (Å²) in [5.74, 6) is 0.140. The van der Waals surface area contributed by atoms with Gasteiger partial charge in [0.2, 0.25) is 5.96 Å². The highest BCUT2D eigenvalue weighted by atomic mass is 35.5. The number of alkyl halides is 4. The van der Waals surface area contributed by atoms with Crippen LogP contribution in [0.4, 0.5) is 17.6 Å². The Kier molecular flexibility index (Phi) is 9.45. The highest BCUT2D eigenvalue weighted by molar-refractivity contribution is 6.32. The first kappa shape index (κ1) is 28.3. The molecule has 0 saturated heterocycles. The lowest BCUT2D eigenvalue weighted by molar-refractivity contribution is -0.159. The smallest absolute Gasteiger partial charge is 0.394 e. The van der Waals surface area contributed by atoms with Gasteiger partial charge < -0.3 is 14.8 Å². The Balaban J connectivity index is 1.87. The van der Waals surface area contributed by atoms with Crippen molar-refractivity contribution in [1.82, 2.24) is 10.7 Å². The molecule has 0 fully saturated rings. The molecule has 0 bridgehead atoms. The van der Waals surface area contributed by atoms with E-state index >= 15 is 0 Å². The van der Waals surface area contributed by atoms with Crippen molar-refractivity contribution < 1.29 is 27.0 Å². The Hall–Kier alpha value is -3.24. The van der Waals surface area contributed by atoms with Crippen LogP contribution in [0, 0.1) is 0 Å². The standard InChI is InChI=1S/C25H24Cl2F4N4O2/c1-24(28,29)36-21-14-16(6-10-19(21)26)4-8-18(34-35-23-32-12-3-13-33-23)9-5-17-7-11-20(27)22(15-17)37-25(2,30)31/h4-11,14-15H,3,12-13H2,1-2H3,(H2,32,33,35). The Morgan fingerprint density at radius 1 is 0.946 bits per heavy atom. The third kappa shape index (κ3) is 9.97. The fourth-order valence-electron chi connectivity index (χ4n) is 3.01. The summed E-state index contributed by atoms with van der Waals surface area (Å²) in [4.78, 5) is 4.28. The maximum Gasteiger partial charge on any atom is 0.394 e. The molecular formula is C25H24Cl2F4N4O2. The number of nitrogens with one attached hydrogen (secondary N) is 2. The minimum atomic E-state index is -3.40. The first-order valence-corrected chi connectivity index (χ1v) is 11.8. The fraction of sp³-hybridized carbons (Fsp3) is 0.280. The summed E-state index contributed by atoms with van der Waals surface area (Å²) in [5, 5.41) is 7.47. The Morgan fingerprint density at radius 3 is 1.89 bits per heavy atom. The molecule has 0 unspecified atom stereocenters. The van der Waals surface area contributed by atoms with Gasteiger partial charge in [-0.25, -0.2) is 5.43 Å². The van der Waals surface area contributed by atoms with Crippen molar-refractivity contribution in [3.8, 4) is 11.5 Å². The van der Waals surface area contributed by atoms with Gasteiger partial charge in [-0.1, -0.05) is 47.5 Å². The molecule has 0 aliphatic carbocycles. The van der Waals surface area contributed by atoms with Crippen molar-refractivity contribution in [2.24, 2.45) is 10.1 Å². The van der Waals surface area contributed by atoms with Crippen LogP contribution in [-0.4, -0.2) is 37.0 Å². The number of benzene rings is 2. The van der Waals surface area contributed by atoms with Gasteiger partial charge in [0.05, 0.1) is 15.8 Å². The lowest BCUT2D eigenvalue weighted by Crippen LogP contribution is -2.38. The lowest BCUT2D eigenvalue weighted by atomic mass is 10.1. The van der Waals surface area contributed by atoms with Crippen LogP contribution in [0.5, 0.6) is 11.5 Å². The number of hydrogen-bond donors (Lipinski definition) is 2. The summed E-state index contributed by atoms with van der Waals surface area (Å²) in [7, 11) is 0. The monoisotopic (exact) mass is 558 g/mol. The number of ether oxygens (including phenoxy) is 2. The van der Waals surface area contributed by atoms with Gasteiger partial charge in [-0.3, -0.25) is 4.99 Å². The highest BCUT2D eigenvalue weighted by Crippen LogP contribution is 2.31. The van der Waals surface area contributed by atoms with Crippen LogP contribution in [0.15, 0.2) is 58.6 Å². The van der Waals surface area contributed by atoms with Gasteiger partial charge in [0, 0.05) is 26.9 Å². The molecule has 0 radical (unpaired) electrons. The van der Waals surface area contributed by atoms with Crippen LogP contribution >= 0.6 is 23.2 Å². The van der Waals surface area contributed by atoms with E-state index in [2.05, 4.69) is 30.3 Å². The number of guanidine groups is 1. The van der Waals surface area contributed by atoms with Crippen molar-refractivity contribution >= 4 is 47.0 Å². The van der Waals surface area contributed by atoms with Gasteiger partial charge in [-0.15, -0.1) is 0 Å². The summed E-state index contributed by atoms with van der Waals surface area (Å²) < 4.78 is 62.4. The van der Waals surface area contributed by atoms with Gasteiger partial charge in [-0.2, -0.15) is 22.7 Å². The molecule has 2 aromatic carbocycles. The fourth-order valence-corrected chi connectivity index (χ4v) is 3.32. The van der Waals surface area contributed by atoms with Gasteiger partial charge in [0.15, 0.2) is 0 Å². The van der Waals surface area contributed by atoms with Crippen LogP contribution in [-0.2, 0) is 0 Å². The molecule has 0 spiro atoms. The zero-order chi connectivity index (χ0) is 27.1. The highest BCUT2D eigenvalue weighted by Gasteiger charge is 2.25. The van der Waals surface area contributed by atoms with Crippen molar-refractivity contribution in [3.05, 3.63) is 69.7 Å². The van der Waals surface area contributed by atoms with Gasteiger partial charge in [0.25, 0.3) is 0 Å². The summed E-state index contributed by atoms with van der Waals surface area (Å²) in [6.45, 7) is 2.62. The molecule has 0 aromatic heterocycles. The van der Waals surface area contributed by atoms with Gasteiger partial charge >= 0.3 is 12.2 Å². The molecule has 37 heavy (non-hydrogen) atoms. The quantitative estimate of drug-likeness (QED) is 0.197. The van der Waals surface area contributed by atoms with E-state index in [1.54, 1.807) is 36.4 Å². The number of allylic oxidation sites excluding steroid dienone is 2. The zero-order valence-electron chi connectivity index (χ0n) is 19.9. The lowest BCUT2D eigenvalue weighted by Gasteiger charge is -2.14. The van der Waals surface area contributed by atoms with Crippen molar-refractivity contribution in [3.63, 3.8) is 0 Å². The number of rotatable bonds is 9. The van der Waals surface area contributed by atoms with Crippen molar-refractivity contribution in [2.45, 2.75) is 32.5 Å². The second kappa shape index (κ2) is 12.3. The summed E-state index contributed by atoms with van der Waals surface area (Å²) in [6.07, 6.45) is 0.549. The summed E-state index contributed by atoms with van der Waals surface area (Å²) >= 11 is 11.9. The number of halogens is 6. The minimum Gasteiger partial charge on any atom is -0.431 e. The predicted octanol–water partition coefficient (Wildman–Crippen LogP) is 7.00. The molecule has 2 N–H and O–H groups in total. The van der Waals surface area contributed by atoms with E-state index in [1.165, 1.54) is 24.3 Å². The SMILES string of the molecule is CC(F)(F)Oc1cc(C=CC(C=Cc2ccc(Cl)c(OC(C)(F)F)c2)=NNC2=NCCCN2)ccc1Cl. The molecule has 3 rings (SSSR count). The molecule has 2 aromatic rings. The van der Waals surface area contributed by atoms with Crippen LogP contribution in [0.2, 0.25) is 10.0 Å². The minimum absolute atomic E-state index is 0.0360. The summed E-state index contributed by atoms with van der Waals surface area (Å²) in [6, 6.07) is 8.85. The Labute approximate surface area is 221 Å². The van der Waals surface area contributed by atoms with E-state index in [0.717, 1.165) is 13.0 Å². The molecule has 0 amide bonds. The molecule has 198 valence electrons. The second-order valence-corrected chi connectivity index (χ2v) is 8.84. The molecular weight excluding hydrogens is 535 g/mol. The topological polar surface area (TPSA) is 67.2 Å². The van der Waals surface area contributed by atoms with Crippen molar-refractivity contribution in [2.75, 3.05) is 13.1 Å². The molecule has 1 aliphatic heterocycles. The van der Waals surface area contributed by atoms with Gasteiger partial charge in [-0.05, 0) is 54.0 Å². The number of hydrogen-bond acceptors (Lipinski definition) is 6. The van der Waals surface area contributed by atoms with E-state index in [9.17, 15) is 17.6 Å². The average molecular weight is 559 g/mol. The van der Waals surface area contributed by atoms with E-state index in [1.807, 2.05) is 0 Å². The van der Waals surface area contributed by atoms with Crippen LogP contribution in [0.25, 0.3) is 12.2 Å². The second-order valence-electron chi connectivity index (χ2n) is 8.03. The maximum absolute atomic E-state index is 13.3. The number of aliphatic imine (C=N–C) groups is 1. The predicted molar refractivity (Wildman–Crippen MR) is 139 cm³/mol. The number of hydrazone groups is 1. The molecule has 1 heterocycles. The Bertz CT molecular complexity index is 1140. The maximum atomic E-state index is 13.3. The molecule has 0 saturated carbocycles.